The fourth-order valence-corrected chi connectivity index (χ4v) is 12.0. The zero-order valence-electron chi connectivity index (χ0n) is 47.3. The normalized spacial score (nSPS) is 20.6. The predicted molar refractivity (Wildman–Crippen MR) is 366 cm³/mol. The fraction of sp³-hybridized carbons (Fsp3) is 0.781. The molecule has 0 saturated heterocycles. The summed E-state index contributed by atoms with van der Waals surface area (Å²) < 4.78 is 16.5. The Balaban J connectivity index is -0.000000285. The van der Waals surface area contributed by atoms with Crippen LogP contribution in [0.15, 0.2) is 63.5 Å². The summed E-state index contributed by atoms with van der Waals surface area (Å²) in [5.41, 5.74) is 2.73. The van der Waals surface area contributed by atoms with Crippen LogP contribution in [0.25, 0.3) is 0 Å². The number of nitrogens with zero attached hydrogens (tertiary/aromatic N) is 3. The summed E-state index contributed by atoms with van der Waals surface area (Å²) >= 11 is 0. The summed E-state index contributed by atoms with van der Waals surface area (Å²) in [5, 5.41) is 11.7. The summed E-state index contributed by atoms with van der Waals surface area (Å²) in [7, 11) is 0. The van der Waals surface area contributed by atoms with Gasteiger partial charge in [0, 0.05) is 6.04 Å². The molecule has 2 aromatic carbocycles. The van der Waals surface area contributed by atoms with Gasteiger partial charge in [-0.15, -0.1) is 0 Å². The molecule has 496 valence electrons. The summed E-state index contributed by atoms with van der Waals surface area (Å²) in [6, 6.07) is 17.4. The standard InChI is InChI=1S/C32H50N2O4.C17H28O2.C15H22N2O2.9CH4/c1-2-3-4-5-6-7-8-9-26-14-20-31(21-15-26)37-22-23-38-32(36)34-30-18-12-28(13-19-30)24-27-10-16-29(17-11-27)33-25-35;1-2-3-4-5-6-7-8-9-16-10-12-17(13-11-16)19-15-14-18;18-10-16-14-5-1-12(2-6-14)9-13-3-7-15(8-4-13)17-11-19;;;;;;;;;/h14-15,20-21,27-30H,2-13,16-19,22-24H2,1H3,(H,34,36);10-13,18H,2-9,14-15H2,1H3;12-15H,1-9H2;9*1H4. The molecule has 4 fully saturated rings. The number of alkyl carbamates (subject to hydrolysis) is 1. The number of rotatable bonds is 31. The predicted octanol–water partition coefficient (Wildman–Crippen LogP) is 21.2. The highest BCUT2D eigenvalue weighted by Crippen LogP contribution is 2.38. The van der Waals surface area contributed by atoms with Gasteiger partial charge in [0.2, 0.25) is 18.2 Å². The first kappa shape index (κ1) is 91.6. The monoisotopic (exact) mass is 1200 g/mol. The Morgan fingerprint density at radius 2 is 0.741 bits per heavy atom. The van der Waals surface area contributed by atoms with E-state index < -0.39 is 0 Å². The number of ether oxygens (including phenoxy) is 3. The second kappa shape index (κ2) is 59.7. The van der Waals surface area contributed by atoms with E-state index in [0.29, 0.717) is 13.2 Å². The molecular formula is C73H136N4O8. The molecule has 4 aliphatic carbocycles. The Labute approximate surface area is 525 Å². The lowest BCUT2D eigenvalue weighted by molar-refractivity contribution is 0.117. The number of aliphatic hydroxyl groups is 1. The summed E-state index contributed by atoms with van der Waals surface area (Å²) in [6.07, 6.45) is 46.1. The average Bonchev–Trinajstić information content (AvgIpc) is 3.53. The zero-order valence-corrected chi connectivity index (χ0v) is 47.3. The number of nitrogens with one attached hydrogen (secondary N) is 1. The van der Waals surface area contributed by atoms with Gasteiger partial charge in [0.05, 0.1) is 24.7 Å². The highest BCUT2D eigenvalue weighted by molar-refractivity contribution is 5.67. The van der Waals surface area contributed by atoms with Gasteiger partial charge >= 0.3 is 6.09 Å². The molecule has 0 radical (unpaired) electrons. The molecule has 2 aromatic rings. The highest BCUT2D eigenvalue weighted by Gasteiger charge is 2.29. The number of hydrogen-bond acceptors (Lipinski definition) is 11. The molecule has 2 N–H and O–H groups in total. The third kappa shape index (κ3) is 42.8. The minimum Gasteiger partial charge on any atom is -0.491 e. The van der Waals surface area contributed by atoms with Crippen molar-refractivity contribution in [1.82, 2.24) is 5.32 Å². The van der Waals surface area contributed by atoms with Crippen LogP contribution in [0.5, 0.6) is 11.5 Å². The second-order valence-corrected chi connectivity index (χ2v) is 22.6. The van der Waals surface area contributed by atoms with E-state index in [-0.39, 0.29) is 110 Å². The molecule has 0 aliphatic heterocycles. The molecule has 6 rings (SSSR count). The number of aliphatic imine (C=N–C) groups is 3. The number of amides is 1. The summed E-state index contributed by atoms with van der Waals surface area (Å²) in [6.45, 7) is 5.56. The number of carbonyl (C=O) groups is 1. The minimum atomic E-state index is -0.337. The van der Waals surface area contributed by atoms with Crippen LogP contribution in [-0.4, -0.2) is 80.0 Å². The number of carbonyl (C=O) groups excluding carboxylic acids is 4. The molecule has 0 heterocycles. The van der Waals surface area contributed by atoms with Crippen molar-refractivity contribution in [3.63, 3.8) is 0 Å². The lowest BCUT2D eigenvalue weighted by atomic mass is 9.76. The Bertz CT molecular complexity index is 1880. The Morgan fingerprint density at radius 3 is 1.06 bits per heavy atom. The van der Waals surface area contributed by atoms with E-state index >= 15 is 0 Å². The molecule has 4 saturated carbocycles. The molecule has 0 spiro atoms. The van der Waals surface area contributed by atoms with Crippen molar-refractivity contribution in [3.8, 4) is 11.5 Å². The molecule has 1 amide bonds. The summed E-state index contributed by atoms with van der Waals surface area (Å²) in [4.78, 5) is 54.7. The number of aliphatic hydroxyl groups excluding tert-OH is 1. The van der Waals surface area contributed by atoms with E-state index in [1.54, 1.807) is 18.2 Å². The van der Waals surface area contributed by atoms with Gasteiger partial charge in [-0.3, -0.25) is 0 Å². The van der Waals surface area contributed by atoms with Crippen LogP contribution < -0.4 is 14.8 Å². The maximum absolute atomic E-state index is 12.2. The SMILES string of the molecule is C.C.C.C.C.C.C.C.C.CCCCCCCCCc1ccc(OCCO)cc1.CCCCCCCCCc1ccc(OCCOC(=O)NC2CCC(CC3CCC(N=C=O)CC3)CC2)cc1.O=C=NC1CCC(CC2CCC(N=C=O)CC2)CC1. The Morgan fingerprint density at radius 1 is 0.435 bits per heavy atom. The van der Waals surface area contributed by atoms with Crippen LogP contribution >= 0.6 is 0 Å². The minimum absolute atomic E-state index is 0. The Hall–Kier alpha value is -4.59. The second-order valence-electron chi connectivity index (χ2n) is 22.6. The van der Waals surface area contributed by atoms with E-state index in [0.717, 1.165) is 112 Å². The highest BCUT2D eigenvalue weighted by atomic mass is 16.6. The number of benzene rings is 2. The first-order chi connectivity index (χ1) is 37.3. The van der Waals surface area contributed by atoms with Crippen LogP contribution in [0.1, 0.15) is 297 Å². The van der Waals surface area contributed by atoms with Gasteiger partial charge in [0.15, 0.2) is 0 Å². The van der Waals surface area contributed by atoms with Crippen LogP contribution in [0.2, 0.25) is 0 Å². The van der Waals surface area contributed by atoms with E-state index in [1.165, 1.54) is 152 Å². The fourth-order valence-electron chi connectivity index (χ4n) is 12.0. The molecule has 85 heavy (non-hydrogen) atoms. The zero-order chi connectivity index (χ0) is 54.1. The van der Waals surface area contributed by atoms with E-state index in [9.17, 15) is 19.2 Å². The van der Waals surface area contributed by atoms with Gasteiger partial charge in [-0.25, -0.2) is 34.2 Å². The van der Waals surface area contributed by atoms with Crippen LogP contribution in [0.3, 0.4) is 0 Å². The first-order valence-electron chi connectivity index (χ1n) is 30.5. The van der Waals surface area contributed by atoms with Crippen LogP contribution in [-0.2, 0) is 32.0 Å². The molecular weight excluding hydrogens is 1060 g/mol. The average molecular weight is 1200 g/mol. The summed E-state index contributed by atoms with van der Waals surface area (Å²) in [5.74, 6) is 4.77. The third-order valence-electron chi connectivity index (χ3n) is 16.6. The van der Waals surface area contributed by atoms with Crippen molar-refractivity contribution >= 4 is 24.3 Å². The van der Waals surface area contributed by atoms with Gasteiger partial charge < -0.3 is 24.6 Å². The van der Waals surface area contributed by atoms with Crippen molar-refractivity contribution < 1.29 is 38.5 Å². The van der Waals surface area contributed by atoms with Crippen molar-refractivity contribution in [3.05, 3.63) is 59.7 Å². The van der Waals surface area contributed by atoms with Gasteiger partial charge in [-0.2, -0.15) is 0 Å². The van der Waals surface area contributed by atoms with E-state index in [2.05, 4.69) is 58.4 Å². The first-order valence-corrected chi connectivity index (χ1v) is 30.5. The van der Waals surface area contributed by atoms with Gasteiger partial charge in [-0.1, -0.05) is 182 Å². The van der Waals surface area contributed by atoms with Crippen molar-refractivity contribution in [2.75, 3.05) is 26.4 Å². The number of aryl methyl sites for hydroxylation is 2. The topological polar surface area (TPSA) is 165 Å². The van der Waals surface area contributed by atoms with Crippen molar-refractivity contribution in [2.45, 2.75) is 323 Å². The van der Waals surface area contributed by atoms with Crippen molar-refractivity contribution in [1.29, 1.82) is 0 Å². The number of hydrogen-bond donors (Lipinski definition) is 2. The maximum Gasteiger partial charge on any atom is 0.407 e. The number of isocyanates is 3. The molecule has 12 nitrogen and oxygen atoms in total. The molecule has 12 heteroatoms. The van der Waals surface area contributed by atoms with E-state index in [1.807, 2.05) is 24.3 Å². The quantitative estimate of drug-likeness (QED) is 0.0428. The lowest BCUT2D eigenvalue weighted by Gasteiger charge is -2.33. The van der Waals surface area contributed by atoms with Crippen LogP contribution in [0.4, 0.5) is 4.79 Å². The van der Waals surface area contributed by atoms with Gasteiger partial charge in [-0.05, 0) is 200 Å². The molecule has 0 unspecified atom stereocenters. The molecule has 0 bridgehead atoms. The van der Waals surface area contributed by atoms with Crippen LogP contribution in [0, 0.1) is 23.7 Å². The third-order valence-corrected chi connectivity index (χ3v) is 16.6. The largest absolute Gasteiger partial charge is 0.491 e. The molecule has 0 aromatic heterocycles. The Kier molecular flexibility index (Phi) is 64.4. The van der Waals surface area contributed by atoms with Crippen molar-refractivity contribution in [2.24, 2.45) is 38.6 Å². The maximum atomic E-state index is 12.2. The number of unbranched alkanes of at least 4 members (excludes halogenated alkanes) is 12. The lowest BCUT2D eigenvalue weighted by Crippen LogP contribution is -2.38. The van der Waals surface area contributed by atoms with Gasteiger partial charge in [0.25, 0.3) is 0 Å². The molecule has 0 atom stereocenters. The smallest absolute Gasteiger partial charge is 0.407 e. The molecule has 4 aliphatic rings. The van der Waals surface area contributed by atoms with E-state index in [4.69, 9.17) is 19.3 Å². The van der Waals surface area contributed by atoms with Gasteiger partial charge in [0.1, 0.15) is 31.3 Å².